The molecule has 0 bridgehead atoms. The molecule has 0 fully saturated rings. The van der Waals surface area contributed by atoms with Crippen molar-refractivity contribution in [3.05, 3.63) is 41.5 Å². The van der Waals surface area contributed by atoms with Crippen molar-refractivity contribution >= 4 is 18.0 Å². The van der Waals surface area contributed by atoms with E-state index in [1.54, 1.807) is 31.3 Å². The molecular formula is C15H16N2O3. The van der Waals surface area contributed by atoms with Gasteiger partial charge in [0.25, 0.3) is 5.91 Å². The molecule has 0 aliphatic carbocycles. The fourth-order valence-corrected chi connectivity index (χ4v) is 1.58. The van der Waals surface area contributed by atoms with Crippen molar-refractivity contribution < 1.29 is 14.7 Å². The lowest BCUT2D eigenvalue weighted by Crippen LogP contribution is -2.34. The zero-order valence-electron chi connectivity index (χ0n) is 11.4. The first-order chi connectivity index (χ1) is 9.45. The van der Waals surface area contributed by atoms with E-state index in [4.69, 9.17) is 10.4 Å². The Kier molecular flexibility index (Phi) is 5.48. The van der Waals surface area contributed by atoms with Crippen LogP contribution in [0, 0.1) is 11.3 Å². The Hall–Kier alpha value is -2.61. The Morgan fingerprint density at radius 1 is 1.40 bits per heavy atom. The summed E-state index contributed by atoms with van der Waals surface area (Å²) in [4.78, 5) is 24.1. The van der Waals surface area contributed by atoms with E-state index in [2.05, 4.69) is 0 Å². The van der Waals surface area contributed by atoms with Crippen molar-refractivity contribution in [2.45, 2.75) is 19.4 Å². The van der Waals surface area contributed by atoms with E-state index in [1.165, 1.54) is 11.0 Å². The number of hydrogen-bond acceptors (Lipinski definition) is 3. The number of aliphatic carboxylic acids is 1. The Balaban J connectivity index is 2.80. The van der Waals surface area contributed by atoms with Crippen LogP contribution in [-0.2, 0) is 4.79 Å². The molecule has 1 atom stereocenters. The maximum Gasteiger partial charge on any atom is 0.328 e. The highest BCUT2D eigenvalue weighted by molar-refractivity contribution is 5.94. The number of nitriles is 1. The highest BCUT2D eigenvalue weighted by atomic mass is 16.4. The average molecular weight is 272 g/mol. The molecular weight excluding hydrogens is 256 g/mol. The van der Waals surface area contributed by atoms with Crippen LogP contribution in [0.1, 0.15) is 29.3 Å². The van der Waals surface area contributed by atoms with E-state index in [0.717, 1.165) is 6.08 Å². The number of hydrogen-bond donors (Lipinski definition) is 1. The lowest BCUT2D eigenvalue weighted by atomic mass is 10.1. The van der Waals surface area contributed by atoms with Gasteiger partial charge in [-0.25, -0.2) is 4.79 Å². The molecule has 0 saturated heterocycles. The molecule has 0 aromatic heterocycles. The van der Waals surface area contributed by atoms with Gasteiger partial charge < -0.3 is 10.0 Å². The first-order valence-corrected chi connectivity index (χ1v) is 6.11. The Morgan fingerprint density at radius 2 is 2.00 bits per heavy atom. The molecule has 1 unspecified atom stereocenters. The van der Waals surface area contributed by atoms with Crippen LogP contribution in [0.15, 0.2) is 30.3 Å². The Labute approximate surface area is 117 Å². The molecule has 0 aliphatic heterocycles. The quantitative estimate of drug-likeness (QED) is 0.833. The molecule has 1 rings (SSSR count). The van der Waals surface area contributed by atoms with Gasteiger partial charge in [0.1, 0.15) is 0 Å². The highest BCUT2D eigenvalue weighted by Gasteiger charge is 2.16. The van der Waals surface area contributed by atoms with Crippen molar-refractivity contribution in [3.8, 4) is 6.07 Å². The summed E-state index contributed by atoms with van der Waals surface area (Å²) in [5, 5.41) is 17.2. The van der Waals surface area contributed by atoms with E-state index in [1.807, 2.05) is 13.0 Å². The molecule has 0 aliphatic rings. The van der Waals surface area contributed by atoms with E-state index in [9.17, 15) is 9.59 Å². The largest absolute Gasteiger partial charge is 0.478 e. The van der Waals surface area contributed by atoms with Crippen molar-refractivity contribution in [2.24, 2.45) is 0 Å². The lowest BCUT2D eigenvalue weighted by molar-refractivity contribution is -0.131. The number of benzene rings is 1. The zero-order valence-corrected chi connectivity index (χ0v) is 11.4. The van der Waals surface area contributed by atoms with Crippen molar-refractivity contribution in [3.63, 3.8) is 0 Å². The predicted octanol–water partition coefficient (Wildman–Crippen LogP) is 2.16. The first-order valence-electron chi connectivity index (χ1n) is 6.11. The van der Waals surface area contributed by atoms with Gasteiger partial charge in [-0.3, -0.25) is 4.79 Å². The fourth-order valence-electron chi connectivity index (χ4n) is 1.58. The number of amides is 1. The van der Waals surface area contributed by atoms with Crippen LogP contribution >= 0.6 is 0 Å². The second-order valence-corrected chi connectivity index (χ2v) is 4.42. The van der Waals surface area contributed by atoms with Gasteiger partial charge in [-0.15, -0.1) is 0 Å². The second-order valence-electron chi connectivity index (χ2n) is 4.42. The second kappa shape index (κ2) is 7.10. The van der Waals surface area contributed by atoms with Gasteiger partial charge in [0, 0.05) is 24.7 Å². The third-order valence-electron chi connectivity index (χ3n) is 2.94. The summed E-state index contributed by atoms with van der Waals surface area (Å²) < 4.78 is 0. The van der Waals surface area contributed by atoms with Gasteiger partial charge in [0.15, 0.2) is 0 Å². The smallest absolute Gasteiger partial charge is 0.328 e. The number of rotatable bonds is 5. The molecule has 1 aromatic carbocycles. The molecule has 0 heterocycles. The van der Waals surface area contributed by atoms with Gasteiger partial charge >= 0.3 is 5.97 Å². The summed E-state index contributed by atoms with van der Waals surface area (Å²) in [6, 6.07) is 8.51. The molecule has 0 saturated carbocycles. The Bertz CT molecular complexity index is 555. The van der Waals surface area contributed by atoms with Gasteiger partial charge in [0.2, 0.25) is 0 Å². The van der Waals surface area contributed by atoms with Crippen molar-refractivity contribution in [1.29, 1.82) is 5.26 Å². The van der Waals surface area contributed by atoms with Crippen LogP contribution in [0.4, 0.5) is 0 Å². The van der Waals surface area contributed by atoms with Gasteiger partial charge in [-0.1, -0.05) is 12.1 Å². The molecule has 1 N–H and O–H groups in total. The minimum absolute atomic E-state index is 0.154. The molecule has 0 spiro atoms. The highest BCUT2D eigenvalue weighted by Crippen LogP contribution is 2.11. The van der Waals surface area contributed by atoms with Crippen molar-refractivity contribution in [1.82, 2.24) is 4.90 Å². The summed E-state index contributed by atoms with van der Waals surface area (Å²) >= 11 is 0. The summed E-state index contributed by atoms with van der Waals surface area (Å²) in [5.74, 6) is -1.18. The first kappa shape index (κ1) is 15.4. The minimum atomic E-state index is -1.02. The maximum absolute atomic E-state index is 12.1. The fraction of sp³-hybridized carbons (Fsp3) is 0.267. The molecule has 0 radical (unpaired) electrons. The third kappa shape index (κ3) is 4.25. The molecule has 104 valence electrons. The van der Waals surface area contributed by atoms with Gasteiger partial charge in [0.05, 0.1) is 12.5 Å². The normalized spacial score (nSPS) is 11.8. The van der Waals surface area contributed by atoms with Crippen LogP contribution in [0.5, 0.6) is 0 Å². The molecule has 1 aromatic rings. The zero-order chi connectivity index (χ0) is 15.1. The lowest BCUT2D eigenvalue weighted by Gasteiger charge is -2.23. The monoisotopic (exact) mass is 272 g/mol. The maximum atomic E-state index is 12.1. The van der Waals surface area contributed by atoms with E-state index in [-0.39, 0.29) is 18.4 Å². The topological polar surface area (TPSA) is 81.4 Å². The Morgan fingerprint density at radius 3 is 2.50 bits per heavy atom. The summed E-state index contributed by atoms with van der Waals surface area (Å²) in [6.45, 7) is 1.81. The summed E-state index contributed by atoms with van der Waals surface area (Å²) in [6.07, 6.45) is 2.78. The van der Waals surface area contributed by atoms with Crippen LogP contribution in [0.2, 0.25) is 0 Å². The third-order valence-corrected chi connectivity index (χ3v) is 2.94. The predicted molar refractivity (Wildman–Crippen MR) is 74.9 cm³/mol. The van der Waals surface area contributed by atoms with E-state index < -0.39 is 5.97 Å². The number of carbonyl (C=O) groups excluding carboxylic acids is 1. The summed E-state index contributed by atoms with van der Waals surface area (Å²) in [5.41, 5.74) is 1.21. The number of carboxylic acids is 1. The van der Waals surface area contributed by atoms with Crippen LogP contribution in [0.3, 0.4) is 0 Å². The molecule has 5 nitrogen and oxygen atoms in total. The van der Waals surface area contributed by atoms with Crippen LogP contribution in [-0.4, -0.2) is 35.0 Å². The SMILES string of the molecule is CC(CC#N)N(C)C(=O)c1ccc(C=CC(=O)O)cc1. The van der Waals surface area contributed by atoms with Crippen LogP contribution < -0.4 is 0 Å². The summed E-state index contributed by atoms with van der Waals surface area (Å²) in [7, 11) is 1.66. The molecule has 5 heteroatoms. The number of carbonyl (C=O) groups is 2. The molecule has 1 amide bonds. The average Bonchev–Trinajstić information content (AvgIpc) is 2.44. The van der Waals surface area contributed by atoms with E-state index in [0.29, 0.717) is 11.1 Å². The van der Waals surface area contributed by atoms with Crippen LogP contribution in [0.25, 0.3) is 6.08 Å². The van der Waals surface area contributed by atoms with Gasteiger partial charge in [-0.2, -0.15) is 5.26 Å². The van der Waals surface area contributed by atoms with E-state index >= 15 is 0 Å². The van der Waals surface area contributed by atoms with Crippen molar-refractivity contribution in [2.75, 3.05) is 7.05 Å². The minimum Gasteiger partial charge on any atom is -0.478 e. The number of nitrogens with zero attached hydrogens (tertiary/aromatic N) is 2. The molecule has 20 heavy (non-hydrogen) atoms. The van der Waals surface area contributed by atoms with Gasteiger partial charge in [-0.05, 0) is 30.7 Å². The number of carboxylic acid groups (broad SMARTS) is 1. The standard InChI is InChI=1S/C15H16N2O3/c1-11(9-10-16)17(2)15(20)13-6-3-12(4-7-13)5-8-14(18)19/h3-8,11H,9H2,1-2H3,(H,18,19).